The number of hydrogen-bond acceptors (Lipinski definition) is 3. The van der Waals surface area contributed by atoms with E-state index in [2.05, 4.69) is 45.3 Å². The van der Waals surface area contributed by atoms with Gasteiger partial charge in [0.15, 0.2) is 0 Å². The Morgan fingerprint density at radius 2 is 1.62 bits per heavy atom. The first-order chi connectivity index (χ1) is 9.59. The molecular weight excluding hydrogens is 264 g/mol. The lowest BCUT2D eigenvalue weighted by Gasteiger charge is -2.36. The summed E-state index contributed by atoms with van der Waals surface area (Å²) in [7, 11) is 0. The van der Waals surface area contributed by atoms with E-state index in [9.17, 15) is 4.79 Å². The minimum absolute atomic E-state index is 0.245. The van der Waals surface area contributed by atoms with E-state index in [0.29, 0.717) is 12.0 Å². The summed E-state index contributed by atoms with van der Waals surface area (Å²) in [6.07, 6.45) is 2.52. The van der Waals surface area contributed by atoms with Crippen LogP contribution in [0.4, 0.5) is 4.79 Å². The van der Waals surface area contributed by atoms with Gasteiger partial charge in [-0.2, -0.15) is 0 Å². The molecule has 21 heavy (non-hydrogen) atoms. The summed E-state index contributed by atoms with van der Waals surface area (Å²) in [6, 6.07) is 0.475. The molecule has 0 aliphatic carbocycles. The van der Waals surface area contributed by atoms with Crippen molar-refractivity contribution < 1.29 is 9.53 Å². The van der Waals surface area contributed by atoms with E-state index in [1.54, 1.807) is 0 Å². The monoisotopic (exact) mass is 300 g/mol. The van der Waals surface area contributed by atoms with Crippen LogP contribution >= 0.6 is 0 Å². The van der Waals surface area contributed by atoms with Crippen LogP contribution in [0.2, 0.25) is 0 Å². The molecule has 0 heterocycles. The molecule has 4 heteroatoms. The molecular formula is C17H36N2O2. The normalized spacial score (nSPS) is 14.1. The zero-order valence-corrected chi connectivity index (χ0v) is 15.3. The van der Waals surface area contributed by atoms with E-state index in [0.717, 1.165) is 25.8 Å². The Kier molecular flexibility index (Phi) is 8.30. The maximum atomic E-state index is 12.1. The number of amides is 1. The van der Waals surface area contributed by atoms with Gasteiger partial charge in [-0.25, -0.2) is 4.79 Å². The van der Waals surface area contributed by atoms with Gasteiger partial charge in [-0.15, -0.1) is 0 Å². The third-order valence-corrected chi connectivity index (χ3v) is 4.07. The average Bonchev–Trinajstić information content (AvgIpc) is 2.35. The van der Waals surface area contributed by atoms with Crippen molar-refractivity contribution in [2.75, 3.05) is 6.54 Å². The minimum Gasteiger partial charge on any atom is -0.444 e. The van der Waals surface area contributed by atoms with Gasteiger partial charge in [-0.3, -0.25) is 0 Å². The highest BCUT2D eigenvalue weighted by atomic mass is 16.6. The second-order valence-electron chi connectivity index (χ2n) is 7.25. The molecule has 0 bridgehead atoms. The van der Waals surface area contributed by atoms with Crippen molar-refractivity contribution in [3.63, 3.8) is 0 Å². The summed E-state index contributed by atoms with van der Waals surface area (Å²) in [5.74, 6) is 0.586. The van der Waals surface area contributed by atoms with E-state index in [-0.39, 0.29) is 11.6 Å². The van der Waals surface area contributed by atoms with Crippen molar-refractivity contribution >= 4 is 6.09 Å². The number of ether oxygens (including phenoxy) is 1. The fourth-order valence-corrected chi connectivity index (χ4v) is 2.42. The van der Waals surface area contributed by atoms with Crippen LogP contribution in [0.25, 0.3) is 0 Å². The van der Waals surface area contributed by atoms with Gasteiger partial charge in [0.1, 0.15) is 5.60 Å². The fourth-order valence-electron chi connectivity index (χ4n) is 2.42. The Morgan fingerprint density at radius 3 is 1.95 bits per heavy atom. The Labute approximate surface area is 131 Å². The molecule has 0 saturated heterocycles. The summed E-state index contributed by atoms with van der Waals surface area (Å²) in [4.78, 5) is 12.1. The highest BCUT2D eigenvalue weighted by Gasteiger charge is 2.31. The first-order valence-corrected chi connectivity index (χ1v) is 8.33. The molecule has 0 aromatic carbocycles. The van der Waals surface area contributed by atoms with E-state index in [1.165, 1.54) is 0 Å². The van der Waals surface area contributed by atoms with E-state index < -0.39 is 5.60 Å². The Balaban J connectivity index is 4.73. The largest absolute Gasteiger partial charge is 0.444 e. The number of hydrogen-bond donors (Lipinski definition) is 2. The topological polar surface area (TPSA) is 50.4 Å². The quantitative estimate of drug-likeness (QED) is 0.709. The van der Waals surface area contributed by atoms with Crippen LogP contribution in [0.15, 0.2) is 0 Å². The van der Waals surface area contributed by atoms with Gasteiger partial charge in [0.25, 0.3) is 0 Å². The van der Waals surface area contributed by atoms with Gasteiger partial charge in [-0.1, -0.05) is 34.6 Å². The van der Waals surface area contributed by atoms with Crippen LogP contribution in [-0.2, 0) is 4.74 Å². The Morgan fingerprint density at radius 1 is 1.10 bits per heavy atom. The van der Waals surface area contributed by atoms with Crippen LogP contribution < -0.4 is 10.6 Å². The summed E-state index contributed by atoms with van der Waals surface area (Å²) in [5.41, 5.74) is -0.709. The minimum atomic E-state index is -0.464. The van der Waals surface area contributed by atoms with Gasteiger partial charge in [-0.05, 0) is 46.0 Å². The van der Waals surface area contributed by atoms with Crippen molar-refractivity contribution in [2.24, 2.45) is 5.92 Å². The lowest BCUT2D eigenvalue weighted by molar-refractivity contribution is 0.0443. The van der Waals surface area contributed by atoms with Gasteiger partial charge in [0, 0.05) is 12.6 Å². The van der Waals surface area contributed by atoms with Crippen molar-refractivity contribution in [3.05, 3.63) is 0 Å². The predicted octanol–water partition coefficient (Wildman–Crippen LogP) is 4.09. The van der Waals surface area contributed by atoms with Gasteiger partial charge in [0.05, 0.1) is 5.54 Å². The highest BCUT2D eigenvalue weighted by Crippen LogP contribution is 2.17. The smallest absolute Gasteiger partial charge is 0.408 e. The van der Waals surface area contributed by atoms with Crippen molar-refractivity contribution in [3.8, 4) is 0 Å². The standard InChI is InChI=1S/C17H36N2O2/c1-9-14(13(4)5)18-12-17(10-2,11-3)19-15(20)21-16(6,7)8/h13-14,18H,9-12H2,1-8H3,(H,19,20). The van der Waals surface area contributed by atoms with Gasteiger partial charge < -0.3 is 15.4 Å². The molecule has 1 amide bonds. The summed E-state index contributed by atoms with van der Waals surface area (Å²) in [6.45, 7) is 17.3. The molecule has 0 spiro atoms. The third kappa shape index (κ3) is 7.70. The summed E-state index contributed by atoms with van der Waals surface area (Å²) >= 11 is 0. The number of rotatable bonds is 8. The number of nitrogens with one attached hydrogen (secondary N) is 2. The molecule has 126 valence electrons. The molecule has 0 fully saturated rings. The Hall–Kier alpha value is -0.770. The van der Waals surface area contributed by atoms with Crippen molar-refractivity contribution in [1.29, 1.82) is 0 Å². The lowest BCUT2D eigenvalue weighted by atomic mass is 9.91. The second-order valence-corrected chi connectivity index (χ2v) is 7.25. The van der Waals surface area contributed by atoms with Crippen LogP contribution in [0, 0.1) is 5.92 Å². The van der Waals surface area contributed by atoms with Crippen LogP contribution in [-0.4, -0.2) is 29.8 Å². The summed E-state index contributed by atoms with van der Waals surface area (Å²) < 4.78 is 5.40. The molecule has 0 saturated carbocycles. The number of carbonyl (C=O) groups is 1. The molecule has 0 aliphatic rings. The highest BCUT2D eigenvalue weighted by molar-refractivity contribution is 5.68. The zero-order valence-electron chi connectivity index (χ0n) is 15.3. The lowest BCUT2D eigenvalue weighted by Crippen LogP contribution is -2.56. The van der Waals surface area contributed by atoms with Gasteiger partial charge >= 0.3 is 6.09 Å². The Bertz CT molecular complexity index is 304. The van der Waals surface area contributed by atoms with E-state index in [1.807, 2.05) is 20.8 Å². The first kappa shape index (κ1) is 20.2. The molecule has 1 unspecified atom stereocenters. The number of alkyl carbamates (subject to hydrolysis) is 1. The molecule has 0 aliphatic heterocycles. The van der Waals surface area contributed by atoms with E-state index >= 15 is 0 Å². The molecule has 0 rings (SSSR count). The molecule has 0 aromatic heterocycles. The molecule has 0 radical (unpaired) electrons. The van der Waals surface area contributed by atoms with Crippen LogP contribution in [0.3, 0.4) is 0 Å². The molecule has 0 aromatic rings. The first-order valence-electron chi connectivity index (χ1n) is 8.33. The molecule has 1 atom stereocenters. The molecule has 4 nitrogen and oxygen atoms in total. The van der Waals surface area contributed by atoms with Crippen LogP contribution in [0.1, 0.15) is 74.7 Å². The molecule has 2 N–H and O–H groups in total. The zero-order chi connectivity index (χ0) is 16.7. The van der Waals surface area contributed by atoms with Crippen LogP contribution in [0.5, 0.6) is 0 Å². The number of carbonyl (C=O) groups excluding carboxylic acids is 1. The summed E-state index contributed by atoms with van der Waals surface area (Å²) in [5, 5.41) is 6.69. The SMILES string of the molecule is CCC(NCC(CC)(CC)NC(=O)OC(C)(C)C)C(C)C. The van der Waals surface area contributed by atoms with Crippen molar-refractivity contribution in [2.45, 2.75) is 91.8 Å². The van der Waals surface area contributed by atoms with Gasteiger partial charge in [0.2, 0.25) is 0 Å². The van der Waals surface area contributed by atoms with E-state index in [4.69, 9.17) is 4.74 Å². The predicted molar refractivity (Wildman–Crippen MR) is 89.6 cm³/mol. The maximum absolute atomic E-state index is 12.1. The van der Waals surface area contributed by atoms with Crippen molar-refractivity contribution in [1.82, 2.24) is 10.6 Å². The second kappa shape index (κ2) is 8.62. The maximum Gasteiger partial charge on any atom is 0.408 e. The fraction of sp³-hybridized carbons (Fsp3) is 0.941. The average molecular weight is 300 g/mol. The third-order valence-electron chi connectivity index (χ3n) is 4.07.